The van der Waals surface area contributed by atoms with Crippen molar-refractivity contribution in [1.82, 2.24) is 0 Å². The van der Waals surface area contributed by atoms with Crippen molar-refractivity contribution < 1.29 is 27.6 Å². The Labute approximate surface area is 103 Å². The number of phosphoric acid groups is 1. The fourth-order valence-electron chi connectivity index (χ4n) is 0.915. The van der Waals surface area contributed by atoms with Gasteiger partial charge in [0, 0.05) is 6.42 Å². The number of hydrogen-bond acceptors (Lipinski definition) is 6. The molecule has 0 N–H and O–H groups in total. The van der Waals surface area contributed by atoms with E-state index < -0.39 is 21.7 Å². The van der Waals surface area contributed by atoms with E-state index in [9.17, 15) is 14.0 Å². The summed E-state index contributed by atoms with van der Waals surface area (Å²) in [5.41, 5.74) is 0. The van der Waals surface area contributed by atoms with Gasteiger partial charge in [0.2, 0.25) is 0 Å². The van der Waals surface area contributed by atoms with E-state index in [0.29, 0.717) is 12.8 Å². The van der Waals surface area contributed by atoms with Crippen LogP contribution in [0.15, 0.2) is 0 Å². The van der Waals surface area contributed by atoms with Crippen molar-refractivity contribution in [2.75, 3.05) is 13.2 Å². The second-order valence-electron chi connectivity index (χ2n) is 3.37. The maximum absolute atomic E-state index is 12.1. The molecule has 0 saturated heterocycles. The normalized spacial score (nSPS) is 14.7. The molecule has 17 heavy (non-hydrogen) atoms. The minimum absolute atomic E-state index is 0.201. The quantitative estimate of drug-likeness (QED) is 0.574. The van der Waals surface area contributed by atoms with Gasteiger partial charge in [-0.15, -0.1) is 0 Å². The zero-order chi connectivity index (χ0) is 13.3. The van der Waals surface area contributed by atoms with E-state index in [1.165, 1.54) is 0 Å². The molecule has 0 spiro atoms. The van der Waals surface area contributed by atoms with Gasteiger partial charge in [-0.1, -0.05) is 25.3 Å². The molecule has 0 bridgehead atoms. The van der Waals surface area contributed by atoms with E-state index in [1.54, 1.807) is 6.92 Å². The fourth-order valence-corrected chi connectivity index (χ4v) is 3.32. The molecule has 0 aromatic heterocycles. The van der Waals surface area contributed by atoms with E-state index in [4.69, 9.17) is 13.6 Å². The summed E-state index contributed by atoms with van der Waals surface area (Å²) in [6.45, 7) is 5.71. The van der Waals surface area contributed by atoms with E-state index in [1.807, 2.05) is 13.8 Å². The largest absolute Gasteiger partial charge is 0.593 e. The molecule has 0 aliphatic carbocycles. The van der Waals surface area contributed by atoms with Gasteiger partial charge < -0.3 is 4.89 Å². The lowest BCUT2D eigenvalue weighted by molar-refractivity contribution is -0.171. The Morgan fingerprint density at radius 2 is 1.65 bits per heavy atom. The Morgan fingerprint density at radius 3 is 1.94 bits per heavy atom. The molecule has 0 rings (SSSR count). The Balaban J connectivity index is 4.54. The van der Waals surface area contributed by atoms with Crippen LogP contribution < -0.4 is 4.89 Å². The minimum Gasteiger partial charge on any atom is -0.593 e. The van der Waals surface area contributed by atoms with E-state index in [-0.39, 0.29) is 19.6 Å². The van der Waals surface area contributed by atoms with Crippen LogP contribution in [0.25, 0.3) is 0 Å². The Hall–Kier alpha value is 0.170. The van der Waals surface area contributed by atoms with Gasteiger partial charge in [0.1, 0.15) is 0 Å². The lowest BCUT2D eigenvalue weighted by atomic mass is 10.5. The first-order valence-corrected chi connectivity index (χ1v) is 8.40. The minimum atomic E-state index is -3.76. The lowest BCUT2D eigenvalue weighted by Crippen LogP contribution is -2.13. The van der Waals surface area contributed by atoms with Crippen LogP contribution in [0.2, 0.25) is 0 Å². The summed E-state index contributed by atoms with van der Waals surface area (Å²) in [6, 6.07) is 0. The van der Waals surface area contributed by atoms with Gasteiger partial charge in [0.05, 0.1) is 13.2 Å². The van der Waals surface area contributed by atoms with Gasteiger partial charge >= 0.3 is 15.9 Å². The average Bonchev–Trinajstić information content (AvgIpc) is 2.31. The number of hydrogen-bond donors (Lipinski definition) is 0. The standard InChI is InChI=1S/C9H20O6P2/c1-4-7-13-17(12,14-8-5-2)15-9(6-3)16(10)11/h9H,4-8H2,1-3H3. The summed E-state index contributed by atoms with van der Waals surface area (Å²) in [6.07, 6.45) is 1.49. The third-order valence-electron chi connectivity index (χ3n) is 1.74. The Morgan fingerprint density at radius 1 is 1.18 bits per heavy atom. The van der Waals surface area contributed by atoms with Gasteiger partial charge in [-0.25, -0.2) is 9.09 Å². The smallest absolute Gasteiger partial charge is 0.478 e. The van der Waals surface area contributed by atoms with Gasteiger partial charge in [-0.3, -0.25) is 9.05 Å². The van der Waals surface area contributed by atoms with Crippen LogP contribution in [0, 0.1) is 0 Å². The zero-order valence-electron chi connectivity index (χ0n) is 10.5. The lowest BCUT2D eigenvalue weighted by Gasteiger charge is -2.18. The third-order valence-corrected chi connectivity index (χ3v) is 4.36. The first-order chi connectivity index (χ1) is 7.99. The molecule has 0 radical (unpaired) electrons. The van der Waals surface area contributed by atoms with Crippen LogP contribution in [-0.2, 0) is 22.7 Å². The van der Waals surface area contributed by atoms with Crippen LogP contribution >= 0.6 is 15.9 Å². The molecular weight excluding hydrogens is 266 g/mol. The molecule has 0 amide bonds. The van der Waals surface area contributed by atoms with Crippen molar-refractivity contribution in [3.05, 3.63) is 0 Å². The Bertz CT molecular complexity index is 258. The van der Waals surface area contributed by atoms with E-state index in [0.717, 1.165) is 0 Å². The second-order valence-corrected chi connectivity index (χ2v) is 6.14. The molecule has 0 aromatic rings. The number of phosphoric ester groups is 1. The van der Waals surface area contributed by atoms with Crippen molar-refractivity contribution in [3.8, 4) is 0 Å². The summed E-state index contributed by atoms with van der Waals surface area (Å²) >= 11 is 0. The molecule has 0 saturated carbocycles. The summed E-state index contributed by atoms with van der Waals surface area (Å²) < 4.78 is 37.9. The summed E-state index contributed by atoms with van der Waals surface area (Å²) in [4.78, 5) is 10.8. The van der Waals surface area contributed by atoms with Gasteiger partial charge in [-0.2, -0.15) is 0 Å². The monoisotopic (exact) mass is 286 g/mol. The van der Waals surface area contributed by atoms with Crippen molar-refractivity contribution in [1.29, 1.82) is 0 Å². The van der Waals surface area contributed by atoms with E-state index >= 15 is 0 Å². The van der Waals surface area contributed by atoms with Crippen LogP contribution in [0.4, 0.5) is 0 Å². The van der Waals surface area contributed by atoms with E-state index in [2.05, 4.69) is 0 Å². The zero-order valence-corrected chi connectivity index (χ0v) is 12.2. The van der Waals surface area contributed by atoms with Crippen LogP contribution in [0.3, 0.4) is 0 Å². The first-order valence-electron chi connectivity index (χ1n) is 5.70. The molecule has 0 heterocycles. The van der Waals surface area contributed by atoms with Crippen LogP contribution in [0.1, 0.15) is 40.0 Å². The van der Waals surface area contributed by atoms with Gasteiger partial charge in [0.15, 0.2) is 0 Å². The second kappa shape index (κ2) is 9.15. The average molecular weight is 286 g/mol. The van der Waals surface area contributed by atoms with Crippen LogP contribution in [0.5, 0.6) is 0 Å². The molecular formula is C9H20O6P2. The highest BCUT2D eigenvalue weighted by atomic mass is 31.2. The molecule has 6 nitrogen and oxygen atoms in total. The topological polar surface area (TPSA) is 84.9 Å². The molecule has 102 valence electrons. The fraction of sp³-hybridized carbons (Fsp3) is 1.00. The molecule has 0 aliphatic heterocycles. The Kier molecular flexibility index (Phi) is 9.24. The third kappa shape index (κ3) is 7.24. The number of rotatable bonds is 10. The predicted molar refractivity (Wildman–Crippen MR) is 62.9 cm³/mol. The highest BCUT2D eigenvalue weighted by Crippen LogP contribution is 2.53. The maximum atomic E-state index is 12.1. The molecule has 0 fully saturated rings. The van der Waals surface area contributed by atoms with Crippen molar-refractivity contribution in [2.45, 2.75) is 45.9 Å². The highest BCUT2D eigenvalue weighted by molar-refractivity contribution is 7.49. The van der Waals surface area contributed by atoms with Crippen molar-refractivity contribution >= 4 is 15.9 Å². The van der Waals surface area contributed by atoms with Crippen molar-refractivity contribution in [3.63, 3.8) is 0 Å². The summed E-state index contributed by atoms with van der Waals surface area (Å²) in [5.74, 6) is -1.13. The van der Waals surface area contributed by atoms with Gasteiger partial charge in [0.25, 0.3) is 5.85 Å². The SMILES string of the molecule is CCCOP(=O)(OCCC)OC(CC)[P+](=O)[O-]. The van der Waals surface area contributed by atoms with Crippen LogP contribution in [-0.4, -0.2) is 19.1 Å². The molecule has 0 aromatic carbocycles. The predicted octanol–water partition coefficient (Wildman–Crippen LogP) is 2.80. The summed E-state index contributed by atoms with van der Waals surface area (Å²) in [7, 11) is -6.58. The molecule has 2 unspecified atom stereocenters. The molecule has 8 heteroatoms. The summed E-state index contributed by atoms with van der Waals surface area (Å²) in [5, 5.41) is 0. The first kappa shape index (κ1) is 17.2. The molecule has 2 atom stereocenters. The molecule has 0 aliphatic rings. The van der Waals surface area contributed by atoms with Crippen molar-refractivity contribution in [2.24, 2.45) is 0 Å². The highest BCUT2D eigenvalue weighted by Gasteiger charge is 2.35. The maximum Gasteiger partial charge on any atom is 0.478 e. The van der Waals surface area contributed by atoms with Gasteiger partial charge in [-0.05, 0) is 12.8 Å².